The maximum atomic E-state index is 13.4. The summed E-state index contributed by atoms with van der Waals surface area (Å²) in [7, 11) is 0. The maximum absolute atomic E-state index is 13.4. The molecule has 0 bridgehead atoms. The molecule has 0 saturated carbocycles. The third-order valence-electron chi connectivity index (χ3n) is 2.41. The minimum Gasteiger partial charge on any atom is -0.337 e. The lowest BCUT2D eigenvalue weighted by Gasteiger charge is -2.10. The molecule has 1 aromatic carbocycles. The number of anilines is 2. The van der Waals surface area contributed by atoms with Crippen LogP contribution in [0.5, 0.6) is 0 Å². The van der Waals surface area contributed by atoms with Crippen molar-refractivity contribution in [2.45, 2.75) is 6.92 Å². The molecule has 0 amide bonds. The standard InChI is InChI=1S/C12H7BrF4N2/c1-5-2-6(13)7(14)4-10(5)18-12-9(16)3-8(15)11(17)19-12/h2-4H,1H3,(H,18,19). The average molecular weight is 335 g/mol. The van der Waals surface area contributed by atoms with Crippen LogP contribution in [0, 0.1) is 30.3 Å². The molecular weight excluding hydrogens is 328 g/mol. The molecule has 0 spiro atoms. The van der Waals surface area contributed by atoms with Gasteiger partial charge in [0.25, 0.3) is 5.95 Å². The molecule has 1 N–H and O–H groups in total. The molecule has 1 aromatic heterocycles. The van der Waals surface area contributed by atoms with Crippen molar-refractivity contribution in [1.82, 2.24) is 4.98 Å². The Labute approximate surface area is 114 Å². The molecular formula is C12H7BrF4N2. The van der Waals surface area contributed by atoms with Gasteiger partial charge in [0, 0.05) is 11.8 Å². The van der Waals surface area contributed by atoms with Crippen molar-refractivity contribution in [3.8, 4) is 0 Å². The zero-order valence-corrected chi connectivity index (χ0v) is 11.2. The van der Waals surface area contributed by atoms with Gasteiger partial charge in [-0.25, -0.2) is 13.2 Å². The molecule has 0 saturated heterocycles. The van der Waals surface area contributed by atoms with E-state index in [1.807, 2.05) is 0 Å². The molecule has 0 atom stereocenters. The molecule has 7 heteroatoms. The van der Waals surface area contributed by atoms with Crippen LogP contribution in [0.15, 0.2) is 22.7 Å². The van der Waals surface area contributed by atoms with Crippen molar-refractivity contribution in [3.63, 3.8) is 0 Å². The van der Waals surface area contributed by atoms with Crippen molar-refractivity contribution >= 4 is 27.4 Å². The number of benzene rings is 1. The van der Waals surface area contributed by atoms with E-state index in [0.717, 1.165) is 6.07 Å². The van der Waals surface area contributed by atoms with Gasteiger partial charge in [-0.2, -0.15) is 9.37 Å². The van der Waals surface area contributed by atoms with Crippen molar-refractivity contribution in [2.75, 3.05) is 5.32 Å². The predicted octanol–water partition coefficient (Wildman–Crippen LogP) is 4.45. The summed E-state index contributed by atoms with van der Waals surface area (Å²) in [6.45, 7) is 1.64. The molecule has 0 aliphatic heterocycles. The second-order valence-electron chi connectivity index (χ2n) is 3.80. The zero-order valence-electron chi connectivity index (χ0n) is 9.57. The van der Waals surface area contributed by atoms with Gasteiger partial charge < -0.3 is 5.32 Å². The fourth-order valence-corrected chi connectivity index (χ4v) is 1.90. The normalized spacial score (nSPS) is 10.6. The zero-order chi connectivity index (χ0) is 14.2. The molecule has 0 fully saturated rings. The number of nitrogens with one attached hydrogen (secondary N) is 1. The number of pyridine rings is 1. The Hall–Kier alpha value is -1.63. The summed E-state index contributed by atoms with van der Waals surface area (Å²) in [4.78, 5) is 3.10. The molecule has 1 heterocycles. The number of aryl methyl sites for hydroxylation is 1. The maximum Gasteiger partial charge on any atom is 0.251 e. The Morgan fingerprint density at radius 3 is 2.37 bits per heavy atom. The summed E-state index contributed by atoms with van der Waals surface area (Å²) in [5.74, 6) is -4.97. The first-order chi connectivity index (χ1) is 8.88. The van der Waals surface area contributed by atoms with E-state index in [1.165, 1.54) is 6.07 Å². The van der Waals surface area contributed by atoms with Gasteiger partial charge in [0.1, 0.15) is 5.82 Å². The Kier molecular flexibility index (Phi) is 3.75. The first kappa shape index (κ1) is 13.8. The Bertz CT molecular complexity index is 591. The highest BCUT2D eigenvalue weighted by molar-refractivity contribution is 9.10. The summed E-state index contributed by atoms with van der Waals surface area (Å²) in [6, 6.07) is 2.94. The second-order valence-corrected chi connectivity index (χ2v) is 4.65. The number of halogens is 5. The van der Waals surface area contributed by atoms with E-state index in [9.17, 15) is 17.6 Å². The smallest absolute Gasteiger partial charge is 0.251 e. The highest BCUT2D eigenvalue weighted by Crippen LogP contribution is 2.27. The fourth-order valence-electron chi connectivity index (χ4n) is 1.44. The first-order valence-electron chi connectivity index (χ1n) is 5.12. The molecule has 2 nitrogen and oxygen atoms in total. The van der Waals surface area contributed by atoms with Crippen LogP contribution in [0.2, 0.25) is 0 Å². The van der Waals surface area contributed by atoms with E-state index in [1.54, 1.807) is 6.92 Å². The Balaban J connectivity index is 2.42. The minimum atomic E-state index is -1.43. The van der Waals surface area contributed by atoms with Gasteiger partial charge in [-0.15, -0.1) is 0 Å². The van der Waals surface area contributed by atoms with Crippen LogP contribution in [0.3, 0.4) is 0 Å². The van der Waals surface area contributed by atoms with Crippen LogP contribution in [0.4, 0.5) is 29.1 Å². The number of rotatable bonds is 2. The van der Waals surface area contributed by atoms with Crippen LogP contribution in [0.1, 0.15) is 5.56 Å². The molecule has 2 rings (SSSR count). The molecule has 0 radical (unpaired) electrons. The summed E-state index contributed by atoms with van der Waals surface area (Å²) in [5, 5.41) is 2.42. The van der Waals surface area contributed by atoms with Gasteiger partial charge in [-0.05, 0) is 40.5 Å². The second kappa shape index (κ2) is 5.16. The summed E-state index contributed by atoms with van der Waals surface area (Å²) < 4.78 is 52.7. The van der Waals surface area contributed by atoms with E-state index in [2.05, 4.69) is 26.2 Å². The molecule has 0 aliphatic carbocycles. The average Bonchev–Trinajstić information content (AvgIpc) is 2.32. The van der Waals surface area contributed by atoms with Crippen LogP contribution >= 0.6 is 15.9 Å². The predicted molar refractivity (Wildman–Crippen MR) is 66.2 cm³/mol. The van der Waals surface area contributed by atoms with Gasteiger partial charge in [-0.3, -0.25) is 0 Å². The lowest BCUT2D eigenvalue weighted by atomic mass is 10.2. The van der Waals surface area contributed by atoms with Gasteiger partial charge in [0.05, 0.1) is 4.47 Å². The van der Waals surface area contributed by atoms with Crippen LogP contribution in [-0.4, -0.2) is 4.98 Å². The highest BCUT2D eigenvalue weighted by Gasteiger charge is 2.13. The molecule has 0 aliphatic rings. The molecule has 100 valence electrons. The fraction of sp³-hybridized carbons (Fsp3) is 0.0833. The Morgan fingerprint density at radius 1 is 1.00 bits per heavy atom. The summed E-state index contributed by atoms with van der Waals surface area (Å²) in [6.07, 6.45) is 0. The van der Waals surface area contributed by atoms with Crippen LogP contribution in [-0.2, 0) is 0 Å². The first-order valence-corrected chi connectivity index (χ1v) is 5.92. The summed E-state index contributed by atoms with van der Waals surface area (Å²) in [5.41, 5.74) is 0.789. The lowest BCUT2D eigenvalue weighted by Crippen LogP contribution is -2.03. The SMILES string of the molecule is Cc1cc(Br)c(F)cc1Nc1nc(F)c(F)cc1F. The van der Waals surface area contributed by atoms with Crippen molar-refractivity contribution in [2.24, 2.45) is 0 Å². The van der Waals surface area contributed by atoms with E-state index in [-0.39, 0.29) is 10.2 Å². The topological polar surface area (TPSA) is 24.9 Å². The van der Waals surface area contributed by atoms with Crippen LogP contribution < -0.4 is 5.32 Å². The highest BCUT2D eigenvalue weighted by atomic mass is 79.9. The molecule has 0 unspecified atom stereocenters. The van der Waals surface area contributed by atoms with Gasteiger partial charge in [0.15, 0.2) is 17.5 Å². The van der Waals surface area contributed by atoms with Crippen molar-refractivity contribution in [3.05, 3.63) is 51.6 Å². The minimum absolute atomic E-state index is 0.207. The number of hydrogen-bond acceptors (Lipinski definition) is 2. The number of aromatic nitrogens is 1. The molecule has 2 aromatic rings. The number of hydrogen-bond donors (Lipinski definition) is 1. The monoisotopic (exact) mass is 334 g/mol. The van der Waals surface area contributed by atoms with Gasteiger partial charge in [-0.1, -0.05) is 0 Å². The van der Waals surface area contributed by atoms with Gasteiger partial charge >= 0.3 is 0 Å². The lowest BCUT2D eigenvalue weighted by molar-refractivity contribution is 0.467. The van der Waals surface area contributed by atoms with Crippen molar-refractivity contribution < 1.29 is 17.6 Å². The van der Waals surface area contributed by atoms with Crippen molar-refractivity contribution in [1.29, 1.82) is 0 Å². The quantitative estimate of drug-likeness (QED) is 0.648. The van der Waals surface area contributed by atoms with Gasteiger partial charge in [0.2, 0.25) is 0 Å². The third kappa shape index (κ3) is 2.86. The Morgan fingerprint density at radius 2 is 1.68 bits per heavy atom. The van der Waals surface area contributed by atoms with E-state index >= 15 is 0 Å². The van der Waals surface area contributed by atoms with Crippen LogP contribution in [0.25, 0.3) is 0 Å². The van der Waals surface area contributed by atoms with E-state index in [4.69, 9.17) is 0 Å². The van der Waals surface area contributed by atoms with E-state index in [0.29, 0.717) is 11.6 Å². The molecule has 19 heavy (non-hydrogen) atoms. The number of nitrogens with zero attached hydrogens (tertiary/aromatic N) is 1. The third-order valence-corrected chi connectivity index (χ3v) is 3.01. The summed E-state index contributed by atoms with van der Waals surface area (Å²) >= 11 is 3.00. The van der Waals surface area contributed by atoms with E-state index < -0.39 is 29.2 Å². The largest absolute Gasteiger partial charge is 0.337 e.